The molecule has 1 aromatic heterocycles. The van der Waals surface area contributed by atoms with Crippen LogP contribution in [0.25, 0.3) is 11.3 Å². The largest absolute Gasteiger partial charge is 0.368 e. The summed E-state index contributed by atoms with van der Waals surface area (Å²) >= 11 is 11.9. The van der Waals surface area contributed by atoms with Gasteiger partial charge in [-0.1, -0.05) is 29.3 Å². The summed E-state index contributed by atoms with van der Waals surface area (Å²) in [5, 5.41) is 0.834. The molecule has 24 heavy (non-hydrogen) atoms. The lowest BCUT2D eigenvalue weighted by atomic mass is 10.1. The van der Waals surface area contributed by atoms with Gasteiger partial charge in [-0.3, -0.25) is 9.59 Å². The van der Waals surface area contributed by atoms with Gasteiger partial charge in [0, 0.05) is 12.1 Å². The fourth-order valence-corrected chi connectivity index (χ4v) is 3.04. The van der Waals surface area contributed by atoms with Crippen LogP contribution in [0, 0.1) is 0 Å². The number of benzene rings is 1. The van der Waals surface area contributed by atoms with Crippen LogP contribution in [0.15, 0.2) is 30.6 Å². The molecule has 0 bridgehead atoms. The monoisotopic (exact) mass is 364 g/mol. The van der Waals surface area contributed by atoms with Crippen LogP contribution in [-0.2, 0) is 4.79 Å². The lowest BCUT2D eigenvalue weighted by Gasteiger charge is -2.21. The van der Waals surface area contributed by atoms with Gasteiger partial charge in [0.1, 0.15) is 18.1 Å². The molecule has 1 saturated heterocycles. The van der Waals surface area contributed by atoms with E-state index in [2.05, 4.69) is 9.97 Å². The topological polar surface area (TPSA) is 89.2 Å². The van der Waals surface area contributed by atoms with Crippen molar-refractivity contribution >= 4 is 35.0 Å². The third-order valence-corrected chi connectivity index (χ3v) is 4.68. The van der Waals surface area contributed by atoms with Gasteiger partial charge in [0.2, 0.25) is 5.91 Å². The molecule has 124 valence electrons. The van der Waals surface area contributed by atoms with Gasteiger partial charge >= 0.3 is 0 Å². The maximum Gasteiger partial charge on any atom is 0.273 e. The number of amides is 2. The Morgan fingerprint density at radius 3 is 2.67 bits per heavy atom. The first-order valence-corrected chi connectivity index (χ1v) is 8.10. The summed E-state index contributed by atoms with van der Waals surface area (Å²) in [5.41, 5.74) is 6.83. The number of aromatic nitrogens is 2. The normalized spacial score (nSPS) is 17.1. The second-order valence-corrected chi connectivity index (χ2v) is 6.29. The number of rotatable bonds is 3. The predicted octanol–water partition coefficient (Wildman–Crippen LogP) is 2.54. The Balaban J connectivity index is 1.91. The maximum atomic E-state index is 12.6. The van der Waals surface area contributed by atoms with Crippen molar-refractivity contribution in [2.45, 2.75) is 18.9 Å². The van der Waals surface area contributed by atoms with E-state index in [0.29, 0.717) is 34.3 Å². The van der Waals surface area contributed by atoms with Crippen molar-refractivity contribution in [2.24, 2.45) is 5.73 Å². The van der Waals surface area contributed by atoms with Crippen LogP contribution in [0.4, 0.5) is 0 Å². The molecular weight excluding hydrogens is 351 g/mol. The second kappa shape index (κ2) is 6.75. The molecule has 1 atom stereocenters. The van der Waals surface area contributed by atoms with Crippen molar-refractivity contribution < 1.29 is 9.59 Å². The van der Waals surface area contributed by atoms with E-state index in [9.17, 15) is 9.59 Å². The van der Waals surface area contributed by atoms with E-state index in [1.807, 2.05) is 0 Å². The first-order valence-electron chi connectivity index (χ1n) is 7.35. The highest BCUT2D eigenvalue weighted by molar-refractivity contribution is 6.42. The quantitative estimate of drug-likeness (QED) is 0.905. The van der Waals surface area contributed by atoms with Crippen LogP contribution >= 0.6 is 23.2 Å². The van der Waals surface area contributed by atoms with E-state index in [1.165, 1.54) is 11.2 Å². The molecule has 6 nitrogen and oxygen atoms in total. The minimum atomic E-state index is -0.583. The maximum absolute atomic E-state index is 12.6. The average molecular weight is 365 g/mol. The Hall–Kier alpha value is -2.18. The first kappa shape index (κ1) is 16.7. The number of nitrogens with zero attached hydrogens (tertiary/aromatic N) is 3. The number of hydrogen-bond acceptors (Lipinski definition) is 4. The summed E-state index contributed by atoms with van der Waals surface area (Å²) in [6, 6.07) is 6.07. The van der Waals surface area contributed by atoms with Gasteiger partial charge in [0.05, 0.1) is 15.7 Å². The average Bonchev–Trinajstić information content (AvgIpc) is 3.07. The van der Waals surface area contributed by atoms with Crippen molar-refractivity contribution in [1.82, 2.24) is 14.9 Å². The Kier molecular flexibility index (Phi) is 4.69. The fraction of sp³-hybridized carbons (Fsp3) is 0.250. The molecule has 1 aromatic carbocycles. The van der Waals surface area contributed by atoms with Gasteiger partial charge < -0.3 is 10.6 Å². The summed E-state index contributed by atoms with van der Waals surface area (Å²) in [7, 11) is 0. The summed E-state index contributed by atoms with van der Waals surface area (Å²) in [6.07, 6.45) is 2.62. The summed E-state index contributed by atoms with van der Waals surface area (Å²) in [6.45, 7) is 0.485. The van der Waals surface area contributed by atoms with E-state index in [1.54, 1.807) is 24.3 Å². The fourth-order valence-electron chi connectivity index (χ4n) is 2.74. The SMILES string of the molecule is NC(=O)C1CCCN1C(=O)c1cc(-c2ccc(Cl)c(Cl)c2)ncn1. The third kappa shape index (κ3) is 3.20. The minimum Gasteiger partial charge on any atom is -0.368 e. The first-order chi connectivity index (χ1) is 11.5. The zero-order valence-corrected chi connectivity index (χ0v) is 14.1. The van der Waals surface area contributed by atoms with Crippen LogP contribution < -0.4 is 5.73 Å². The van der Waals surface area contributed by atoms with E-state index in [4.69, 9.17) is 28.9 Å². The standard InChI is InChI=1S/C16H14Cl2N4O2/c17-10-4-3-9(6-11(10)18)12-7-13(21-8-20-12)16(24)22-5-1-2-14(22)15(19)23/h3-4,6-8,14H,1-2,5H2,(H2,19,23). The molecule has 8 heteroatoms. The minimum absolute atomic E-state index is 0.208. The zero-order chi connectivity index (χ0) is 17.3. The predicted molar refractivity (Wildman–Crippen MR) is 90.7 cm³/mol. The number of primary amides is 1. The molecule has 2 amide bonds. The van der Waals surface area contributed by atoms with Gasteiger partial charge in [0.15, 0.2) is 0 Å². The van der Waals surface area contributed by atoms with Crippen LogP contribution in [0.1, 0.15) is 23.3 Å². The number of hydrogen-bond donors (Lipinski definition) is 1. The van der Waals surface area contributed by atoms with E-state index >= 15 is 0 Å². The number of likely N-dealkylation sites (tertiary alicyclic amines) is 1. The smallest absolute Gasteiger partial charge is 0.273 e. The molecular formula is C16H14Cl2N4O2. The zero-order valence-electron chi connectivity index (χ0n) is 12.6. The summed E-state index contributed by atoms with van der Waals surface area (Å²) in [5.74, 6) is -0.834. The lowest BCUT2D eigenvalue weighted by molar-refractivity contribution is -0.121. The van der Waals surface area contributed by atoms with Crippen molar-refractivity contribution in [3.05, 3.63) is 46.3 Å². The molecule has 1 fully saturated rings. The van der Waals surface area contributed by atoms with Crippen molar-refractivity contribution in [3.8, 4) is 11.3 Å². The summed E-state index contributed by atoms with van der Waals surface area (Å²) in [4.78, 5) is 33.8. The van der Waals surface area contributed by atoms with Crippen LogP contribution in [0.5, 0.6) is 0 Å². The highest BCUT2D eigenvalue weighted by Gasteiger charge is 2.33. The lowest BCUT2D eigenvalue weighted by Crippen LogP contribution is -2.43. The van der Waals surface area contributed by atoms with E-state index in [0.717, 1.165) is 6.42 Å². The van der Waals surface area contributed by atoms with Crippen LogP contribution in [0.3, 0.4) is 0 Å². The van der Waals surface area contributed by atoms with E-state index < -0.39 is 11.9 Å². The van der Waals surface area contributed by atoms with Crippen LogP contribution in [-0.4, -0.2) is 39.3 Å². The molecule has 1 unspecified atom stereocenters. The number of nitrogens with two attached hydrogens (primary N) is 1. The van der Waals surface area contributed by atoms with Gasteiger partial charge in [-0.05, 0) is 31.0 Å². The Morgan fingerprint density at radius 2 is 1.96 bits per heavy atom. The molecule has 3 rings (SSSR count). The summed E-state index contributed by atoms with van der Waals surface area (Å²) < 4.78 is 0. The Labute approximate surface area is 148 Å². The van der Waals surface area contributed by atoms with Crippen molar-refractivity contribution in [2.75, 3.05) is 6.54 Å². The van der Waals surface area contributed by atoms with Gasteiger partial charge in [0.25, 0.3) is 5.91 Å². The number of carbonyl (C=O) groups is 2. The highest BCUT2D eigenvalue weighted by atomic mass is 35.5. The molecule has 2 aromatic rings. The molecule has 0 aliphatic carbocycles. The number of halogens is 2. The van der Waals surface area contributed by atoms with Gasteiger partial charge in [-0.15, -0.1) is 0 Å². The molecule has 0 spiro atoms. The Morgan fingerprint density at radius 1 is 1.17 bits per heavy atom. The molecule has 0 saturated carbocycles. The van der Waals surface area contributed by atoms with Crippen LogP contribution in [0.2, 0.25) is 10.0 Å². The second-order valence-electron chi connectivity index (χ2n) is 5.48. The Bertz CT molecular complexity index is 812. The molecule has 0 radical (unpaired) electrons. The molecule has 2 heterocycles. The number of carbonyl (C=O) groups excluding carboxylic acids is 2. The highest BCUT2D eigenvalue weighted by Crippen LogP contribution is 2.28. The van der Waals surface area contributed by atoms with Crippen molar-refractivity contribution in [3.63, 3.8) is 0 Å². The van der Waals surface area contributed by atoms with E-state index in [-0.39, 0.29) is 11.6 Å². The van der Waals surface area contributed by atoms with Crippen molar-refractivity contribution in [1.29, 1.82) is 0 Å². The van der Waals surface area contributed by atoms with Gasteiger partial charge in [-0.25, -0.2) is 9.97 Å². The molecule has 2 N–H and O–H groups in total. The third-order valence-electron chi connectivity index (χ3n) is 3.94. The molecule has 1 aliphatic rings. The molecule has 1 aliphatic heterocycles. The van der Waals surface area contributed by atoms with Gasteiger partial charge in [-0.2, -0.15) is 0 Å².